The Morgan fingerprint density at radius 1 is 1.36 bits per heavy atom. The van der Waals surface area contributed by atoms with Crippen molar-refractivity contribution in [1.82, 2.24) is 19.8 Å². The number of hydrogen-bond donors (Lipinski definition) is 3. The number of imidazole rings is 1. The van der Waals surface area contributed by atoms with Crippen LogP contribution in [0.15, 0.2) is 30.7 Å². The van der Waals surface area contributed by atoms with Gasteiger partial charge in [-0.2, -0.15) is 13.2 Å². The average Bonchev–Trinajstić information content (AvgIpc) is 3.27. The number of guanidine groups is 1. The van der Waals surface area contributed by atoms with Crippen molar-refractivity contribution in [3.8, 4) is 0 Å². The number of nitrogens with zero attached hydrogens (tertiary/aromatic N) is 3. The van der Waals surface area contributed by atoms with Gasteiger partial charge in [-0.15, -0.1) is 0 Å². The lowest BCUT2D eigenvalue weighted by Crippen LogP contribution is -2.63. The van der Waals surface area contributed by atoms with E-state index in [1.807, 2.05) is 0 Å². The van der Waals surface area contributed by atoms with Crippen molar-refractivity contribution >= 4 is 35.1 Å². The van der Waals surface area contributed by atoms with Gasteiger partial charge >= 0.3 is 6.18 Å². The van der Waals surface area contributed by atoms with Crippen molar-refractivity contribution in [3.05, 3.63) is 47.0 Å². The van der Waals surface area contributed by atoms with Crippen LogP contribution in [0.5, 0.6) is 0 Å². The predicted molar refractivity (Wildman–Crippen MR) is 131 cm³/mol. The number of alkyl halides is 5. The van der Waals surface area contributed by atoms with Crippen molar-refractivity contribution in [2.45, 2.75) is 68.9 Å². The first-order chi connectivity index (χ1) is 18.1. The maximum Gasteiger partial charge on any atom is 0.406 e. The normalized spacial score (nSPS) is 25.4. The molecule has 2 aliphatic rings. The smallest absolute Gasteiger partial charge is 0.375 e. The van der Waals surface area contributed by atoms with Gasteiger partial charge in [-0.1, -0.05) is 23.7 Å². The number of hydrogen-bond acceptors (Lipinski definition) is 5. The van der Waals surface area contributed by atoms with Crippen molar-refractivity contribution in [2.24, 2.45) is 0 Å². The van der Waals surface area contributed by atoms with Crippen LogP contribution in [0.2, 0.25) is 5.02 Å². The molecular weight excluding hydrogens is 551 g/mol. The predicted octanol–water partition coefficient (Wildman–Crippen LogP) is 4.53. The quantitative estimate of drug-likeness (QED) is 0.438. The van der Waals surface area contributed by atoms with Gasteiger partial charge in [-0.05, 0) is 25.0 Å². The number of rotatable bonds is 6. The largest absolute Gasteiger partial charge is 0.406 e. The van der Waals surface area contributed by atoms with E-state index in [1.165, 1.54) is 19.2 Å². The highest BCUT2D eigenvalue weighted by Crippen LogP contribution is 2.41. The maximum absolute atomic E-state index is 14.1. The summed E-state index contributed by atoms with van der Waals surface area (Å²) in [5.74, 6) is -4.68. The van der Waals surface area contributed by atoms with E-state index in [2.05, 4.69) is 15.6 Å². The molecule has 1 saturated heterocycles. The van der Waals surface area contributed by atoms with Gasteiger partial charge in [-0.25, -0.2) is 13.8 Å². The lowest BCUT2D eigenvalue weighted by atomic mass is 9.83. The highest BCUT2D eigenvalue weighted by atomic mass is 35.5. The number of amides is 2. The third-order valence-electron chi connectivity index (χ3n) is 6.96. The van der Waals surface area contributed by atoms with E-state index in [1.54, 1.807) is 13.0 Å². The Balaban J connectivity index is 1.53. The fraction of sp³-hybridized carbons (Fsp3) is 0.500. The van der Waals surface area contributed by atoms with Crippen LogP contribution in [0.1, 0.15) is 48.7 Å². The SMILES string of the molecule is CO[C@H]1CC(N2C(=N)N[C@](C)(c3cccc(NC(=O)c4cncn4CC(F)(F)F)c3Cl)CC2=O)CCC1(F)F. The van der Waals surface area contributed by atoms with Crippen LogP contribution in [0, 0.1) is 5.41 Å². The molecule has 2 amide bonds. The lowest BCUT2D eigenvalue weighted by molar-refractivity contribution is -0.161. The number of methoxy groups -OCH3 is 1. The molecule has 2 fully saturated rings. The van der Waals surface area contributed by atoms with Crippen molar-refractivity contribution in [1.29, 1.82) is 5.41 Å². The molecule has 1 aliphatic carbocycles. The first-order valence-electron chi connectivity index (χ1n) is 11.9. The molecule has 9 nitrogen and oxygen atoms in total. The van der Waals surface area contributed by atoms with Gasteiger partial charge in [0.05, 0.1) is 35.2 Å². The van der Waals surface area contributed by atoms with E-state index in [4.69, 9.17) is 21.7 Å². The summed E-state index contributed by atoms with van der Waals surface area (Å²) in [6.07, 6.45) is -4.88. The fourth-order valence-electron chi connectivity index (χ4n) is 5.06. The Bertz CT molecular complexity index is 1270. The summed E-state index contributed by atoms with van der Waals surface area (Å²) < 4.78 is 72.3. The fourth-order valence-corrected chi connectivity index (χ4v) is 5.44. The molecule has 0 radical (unpaired) electrons. The zero-order valence-electron chi connectivity index (χ0n) is 20.9. The molecule has 212 valence electrons. The van der Waals surface area contributed by atoms with Gasteiger partial charge in [0, 0.05) is 26.0 Å². The standard InChI is InChI=1S/C24H26ClF5N6O3/c1-22(9-18(37)36(21(31)34-22)13-6-7-23(26,27)17(8-13)39-2)14-4-3-5-15(19(14)25)33-20(38)16-10-32-12-35(16)11-24(28,29)30/h3-5,10,12-13,17H,6-9,11H2,1-2H3,(H2,31,34)(H,33,38)/t13?,17-,22-/m0/s1. The molecule has 1 saturated carbocycles. The van der Waals surface area contributed by atoms with E-state index in [0.717, 1.165) is 17.4 Å². The minimum absolute atomic E-state index is 0.00737. The number of carbonyl (C=O) groups excluding carboxylic acids is 2. The molecule has 2 heterocycles. The van der Waals surface area contributed by atoms with Gasteiger partial charge in [0.15, 0.2) is 5.96 Å². The zero-order valence-corrected chi connectivity index (χ0v) is 21.7. The average molecular weight is 577 g/mol. The lowest BCUT2D eigenvalue weighted by Gasteiger charge is -2.46. The molecule has 3 atom stereocenters. The summed E-state index contributed by atoms with van der Waals surface area (Å²) in [5, 5.41) is 14.0. The minimum atomic E-state index is -4.57. The second-order valence-electron chi connectivity index (χ2n) is 9.80. The minimum Gasteiger partial charge on any atom is -0.375 e. The van der Waals surface area contributed by atoms with E-state index in [0.29, 0.717) is 10.1 Å². The van der Waals surface area contributed by atoms with Gasteiger partial charge in [0.2, 0.25) is 5.91 Å². The third kappa shape index (κ3) is 5.86. The van der Waals surface area contributed by atoms with Crippen LogP contribution in [0.3, 0.4) is 0 Å². The summed E-state index contributed by atoms with van der Waals surface area (Å²) >= 11 is 6.58. The third-order valence-corrected chi connectivity index (χ3v) is 7.37. The summed E-state index contributed by atoms with van der Waals surface area (Å²) in [6.45, 7) is 0.213. The maximum atomic E-state index is 14.1. The molecule has 2 aromatic rings. The molecule has 0 spiro atoms. The van der Waals surface area contributed by atoms with Crippen LogP contribution in [0.4, 0.5) is 27.6 Å². The van der Waals surface area contributed by atoms with E-state index < -0.39 is 54.6 Å². The molecular formula is C24H26ClF5N6O3. The monoisotopic (exact) mass is 576 g/mol. The van der Waals surface area contributed by atoms with E-state index in [9.17, 15) is 31.5 Å². The summed E-state index contributed by atoms with van der Waals surface area (Å²) in [6, 6.07) is 3.89. The molecule has 0 bridgehead atoms. The number of ether oxygens (including phenoxy) is 1. The van der Waals surface area contributed by atoms with Crippen LogP contribution >= 0.6 is 11.6 Å². The highest BCUT2D eigenvalue weighted by Gasteiger charge is 2.50. The summed E-state index contributed by atoms with van der Waals surface area (Å²) in [5.41, 5.74) is -1.13. The highest BCUT2D eigenvalue weighted by molar-refractivity contribution is 6.35. The van der Waals surface area contributed by atoms with Crippen LogP contribution in [-0.2, 0) is 21.6 Å². The van der Waals surface area contributed by atoms with Crippen LogP contribution in [-0.4, -0.2) is 63.6 Å². The number of nitrogens with one attached hydrogen (secondary N) is 3. The van der Waals surface area contributed by atoms with Crippen molar-refractivity contribution < 1.29 is 36.3 Å². The van der Waals surface area contributed by atoms with E-state index >= 15 is 0 Å². The molecule has 1 aromatic carbocycles. The summed E-state index contributed by atoms with van der Waals surface area (Å²) in [7, 11) is 1.18. The second kappa shape index (κ2) is 10.4. The molecule has 3 N–H and O–H groups in total. The summed E-state index contributed by atoms with van der Waals surface area (Å²) in [4.78, 5) is 30.8. The number of aromatic nitrogens is 2. The van der Waals surface area contributed by atoms with Gasteiger partial charge in [0.25, 0.3) is 11.8 Å². The Morgan fingerprint density at radius 2 is 2.08 bits per heavy atom. The Kier molecular flexibility index (Phi) is 7.65. The number of anilines is 1. The molecule has 1 unspecified atom stereocenters. The Labute approximate surface area is 225 Å². The van der Waals surface area contributed by atoms with Crippen LogP contribution in [0.25, 0.3) is 0 Å². The van der Waals surface area contributed by atoms with Gasteiger partial charge in [0.1, 0.15) is 18.3 Å². The Morgan fingerprint density at radius 3 is 2.72 bits per heavy atom. The number of benzene rings is 1. The Hall–Kier alpha value is -3.26. The first kappa shape index (κ1) is 28.7. The number of halogens is 6. The molecule has 39 heavy (non-hydrogen) atoms. The van der Waals surface area contributed by atoms with Gasteiger partial charge < -0.3 is 19.9 Å². The van der Waals surface area contributed by atoms with Crippen LogP contribution < -0.4 is 10.6 Å². The molecule has 4 rings (SSSR count). The van der Waals surface area contributed by atoms with Gasteiger partial charge in [-0.3, -0.25) is 19.9 Å². The van der Waals surface area contributed by atoms with Crippen molar-refractivity contribution in [2.75, 3.05) is 12.4 Å². The zero-order chi connectivity index (χ0) is 28.8. The molecule has 1 aromatic heterocycles. The second-order valence-corrected chi connectivity index (χ2v) is 10.2. The van der Waals surface area contributed by atoms with E-state index in [-0.39, 0.29) is 41.6 Å². The van der Waals surface area contributed by atoms with Crippen molar-refractivity contribution in [3.63, 3.8) is 0 Å². The number of carbonyl (C=O) groups is 2. The molecule has 15 heteroatoms. The topological polar surface area (TPSA) is 112 Å². The molecule has 1 aliphatic heterocycles. The first-order valence-corrected chi connectivity index (χ1v) is 12.3.